The second-order valence-electron chi connectivity index (χ2n) is 7.25. The first-order chi connectivity index (χ1) is 7.71. The zero-order chi connectivity index (χ0) is 12.8. The summed E-state index contributed by atoms with van der Waals surface area (Å²) < 4.78 is 5.36. The minimum Gasteiger partial charge on any atom is -0.444 e. The van der Waals surface area contributed by atoms with E-state index in [9.17, 15) is 4.79 Å². The Morgan fingerprint density at radius 3 is 2.24 bits per heavy atom. The number of likely N-dealkylation sites (tertiary alicyclic amines) is 1. The summed E-state index contributed by atoms with van der Waals surface area (Å²) in [6, 6.07) is 0. The van der Waals surface area contributed by atoms with Gasteiger partial charge in [-0.1, -0.05) is 13.8 Å². The molecule has 1 aliphatic heterocycles. The van der Waals surface area contributed by atoms with Crippen molar-refractivity contribution < 1.29 is 9.53 Å². The van der Waals surface area contributed by atoms with Crippen LogP contribution in [0.25, 0.3) is 0 Å². The number of ether oxygens (including phenoxy) is 1. The van der Waals surface area contributed by atoms with Gasteiger partial charge < -0.3 is 9.64 Å². The van der Waals surface area contributed by atoms with Gasteiger partial charge in [0.2, 0.25) is 0 Å². The number of hydrogen-bond donors (Lipinski definition) is 0. The molecule has 2 rings (SSSR count). The van der Waals surface area contributed by atoms with Crippen LogP contribution in [0, 0.1) is 17.3 Å². The molecule has 0 aromatic carbocycles. The molecular formula is C14H25NO2. The topological polar surface area (TPSA) is 29.5 Å². The fourth-order valence-electron chi connectivity index (χ4n) is 3.00. The molecule has 1 heterocycles. The Morgan fingerprint density at radius 1 is 1.29 bits per heavy atom. The molecule has 3 nitrogen and oxygen atoms in total. The Balaban J connectivity index is 1.75. The summed E-state index contributed by atoms with van der Waals surface area (Å²) in [5.74, 6) is 1.66. The van der Waals surface area contributed by atoms with Crippen LogP contribution in [0.1, 0.15) is 47.5 Å². The predicted octanol–water partition coefficient (Wildman–Crippen LogP) is 3.29. The minimum atomic E-state index is -0.375. The zero-order valence-corrected chi connectivity index (χ0v) is 11.7. The number of nitrogens with zero attached hydrogens (tertiary/aromatic N) is 1. The van der Waals surface area contributed by atoms with E-state index < -0.39 is 0 Å². The largest absolute Gasteiger partial charge is 0.444 e. The number of hydrogen-bond acceptors (Lipinski definition) is 2. The maximum absolute atomic E-state index is 11.8. The highest BCUT2D eigenvalue weighted by Crippen LogP contribution is 2.54. The van der Waals surface area contributed by atoms with E-state index in [0.29, 0.717) is 5.41 Å². The van der Waals surface area contributed by atoms with Gasteiger partial charge in [-0.2, -0.15) is 0 Å². The van der Waals surface area contributed by atoms with E-state index in [1.165, 1.54) is 12.8 Å². The molecule has 17 heavy (non-hydrogen) atoms. The van der Waals surface area contributed by atoms with Crippen LogP contribution in [0.3, 0.4) is 0 Å². The van der Waals surface area contributed by atoms with Gasteiger partial charge in [-0.05, 0) is 45.4 Å². The molecule has 1 amide bonds. The highest BCUT2D eigenvalue weighted by molar-refractivity contribution is 5.69. The number of carbonyl (C=O) groups is 1. The molecule has 98 valence electrons. The average Bonchev–Trinajstić information content (AvgIpc) is 1.93. The van der Waals surface area contributed by atoms with Crippen LogP contribution in [-0.4, -0.2) is 29.7 Å². The second kappa shape index (κ2) is 3.89. The maximum atomic E-state index is 11.8. The molecule has 1 aliphatic carbocycles. The van der Waals surface area contributed by atoms with Gasteiger partial charge in [0.25, 0.3) is 0 Å². The smallest absolute Gasteiger partial charge is 0.410 e. The first-order valence-corrected chi connectivity index (χ1v) is 6.69. The Labute approximate surface area is 105 Å². The van der Waals surface area contributed by atoms with Crippen molar-refractivity contribution in [2.75, 3.05) is 13.1 Å². The second-order valence-corrected chi connectivity index (χ2v) is 7.25. The third-order valence-corrected chi connectivity index (χ3v) is 4.04. The quantitative estimate of drug-likeness (QED) is 0.702. The molecule has 0 unspecified atom stereocenters. The average molecular weight is 239 g/mol. The van der Waals surface area contributed by atoms with Gasteiger partial charge in [-0.15, -0.1) is 0 Å². The molecule has 1 saturated carbocycles. The van der Waals surface area contributed by atoms with Crippen LogP contribution in [0.4, 0.5) is 4.79 Å². The molecule has 0 aromatic heterocycles. The van der Waals surface area contributed by atoms with Crippen molar-refractivity contribution in [1.82, 2.24) is 4.90 Å². The lowest BCUT2D eigenvalue weighted by molar-refractivity contribution is -0.105. The Bertz CT molecular complexity index is 303. The highest BCUT2D eigenvalue weighted by Gasteiger charge is 2.54. The standard InChI is InChI=1S/C14H25NO2/c1-10(2)11-6-14(7-11)8-15(9-14)12(16)17-13(3,4)5/h10-11H,6-9H2,1-5H3. The molecule has 0 N–H and O–H groups in total. The lowest BCUT2D eigenvalue weighted by atomic mass is 9.55. The van der Waals surface area contributed by atoms with E-state index in [-0.39, 0.29) is 11.7 Å². The Kier molecular flexibility index (Phi) is 2.91. The summed E-state index contributed by atoms with van der Waals surface area (Å²) in [6.07, 6.45) is 2.45. The molecule has 0 bridgehead atoms. The monoisotopic (exact) mass is 239 g/mol. The molecular weight excluding hydrogens is 214 g/mol. The Hall–Kier alpha value is -0.730. The van der Waals surface area contributed by atoms with E-state index in [4.69, 9.17) is 4.74 Å². The van der Waals surface area contributed by atoms with Crippen molar-refractivity contribution in [2.45, 2.75) is 53.1 Å². The van der Waals surface area contributed by atoms with E-state index in [2.05, 4.69) is 13.8 Å². The van der Waals surface area contributed by atoms with Gasteiger partial charge in [0.05, 0.1) is 0 Å². The molecule has 0 atom stereocenters. The summed E-state index contributed by atoms with van der Waals surface area (Å²) in [6.45, 7) is 12.1. The van der Waals surface area contributed by atoms with Crippen LogP contribution < -0.4 is 0 Å². The highest BCUT2D eigenvalue weighted by atomic mass is 16.6. The van der Waals surface area contributed by atoms with Gasteiger partial charge in [0.1, 0.15) is 5.60 Å². The van der Waals surface area contributed by atoms with Crippen molar-refractivity contribution in [3.8, 4) is 0 Å². The van der Waals surface area contributed by atoms with Crippen LogP contribution in [0.2, 0.25) is 0 Å². The van der Waals surface area contributed by atoms with E-state index in [1.54, 1.807) is 0 Å². The first-order valence-electron chi connectivity index (χ1n) is 6.69. The van der Waals surface area contributed by atoms with Crippen molar-refractivity contribution in [3.63, 3.8) is 0 Å². The fraction of sp³-hybridized carbons (Fsp3) is 0.929. The lowest BCUT2D eigenvalue weighted by Gasteiger charge is -2.59. The molecule has 0 aromatic rings. The molecule has 1 spiro atoms. The van der Waals surface area contributed by atoms with Crippen molar-refractivity contribution in [2.24, 2.45) is 17.3 Å². The summed E-state index contributed by atoms with van der Waals surface area (Å²) in [4.78, 5) is 13.6. The van der Waals surface area contributed by atoms with Gasteiger partial charge >= 0.3 is 6.09 Å². The SMILES string of the molecule is CC(C)C1CC2(C1)CN(C(=O)OC(C)(C)C)C2. The fourth-order valence-corrected chi connectivity index (χ4v) is 3.00. The van der Waals surface area contributed by atoms with E-state index in [1.807, 2.05) is 25.7 Å². The normalized spacial score (nSPS) is 23.5. The third-order valence-electron chi connectivity index (χ3n) is 4.04. The number of amides is 1. The number of carbonyl (C=O) groups excluding carboxylic acids is 1. The third kappa shape index (κ3) is 2.58. The molecule has 1 saturated heterocycles. The zero-order valence-electron chi connectivity index (χ0n) is 11.7. The van der Waals surface area contributed by atoms with Crippen molar-refractivity contribution >= 4 is 6.09 Å². The maximum Gasteiger partial charge on any atom is 0.410 e. The summed E-state index contributed by atoms with van der Waals surface area (Å²) in [5.41, 5.74) is 0.0752. The first kappa shape index (κ1) is 12.7. The van der Waals surface area contributed by atoms with Gasteiger partial charge in [0.15, 0.2) is 0 Å². The Morgan fingerprint density at radius 2 is 1.82 bits per heavy atom. The van der Waals surface area contributed by atoms with Crippen LogP contribution in [-0.2, 0) is 4.74 Å². The van der Waals surface area contributed by atoms with Crippen LogP contribution >= 0.6 is 0 Å². The van der Waals surface area contributed by atoms with E-state index in [0.717, 1.165) is 24.9 Å². The predicted molar refractivity (Wildman–Crippen MR) is 67.8 cm³/mol. The van der Waals surface area contributed by atoms with Crippen molar-refractivity contribution in [1.29, 1.82) is 0 Å². The lowest BCUT2D eigenvalue weighted by Crippen LogP contribution is -2.64. The van der Waals surface area contributed by atoms with E-state index >= 15 is 0 Å². The van der Waals surface area contributed by atoms with Gasteiger partial charge in [-0.3, -0.25) is 0 Å². The van der Waals surface area contributed by atoms with Gasteiger partial charge in [-0.25, -0.2) is 4.79 Å². The van der Waals surface area contributed by atoms with Gasteiger partial charge in [0, 0.05) is 18.5 Å². The molecule has 2 fully saturated rings. The van der Waals surface area contributed by atoms with Crippen LogP contribution in [0.15, 0.2) is 0 Å². The summed E-state index contributed by atoms with van der Waals surface area (Å²) in [7, 11) is 0. The molecule has 3 heteroatoms. The van der Waals surface area contributed by atoms with Crippen molar-refractivity contribution in [3.05, 3.63) is 0 Å². The summed E-state index contributed by atoms with van der Waals surface area (Å²) in [5, 5.41) is 0. The summed E-state index contributed by atoms with van der Waals surface area (Å²) >= 11 is 0. The molecule has 0 radical (unpaired) electrons. The number of rotatable bonds is 1. The van der Waals surface area contributed by atoms with Crippen LogP contribution in [0.5, 0.6) is 0 Å². The minimum absolute atomic E-state index is 0.142. The molecule has 2 aliphatic rings.